The first kappa shape index (κ1) is 17.6. The van der Waals surface area contributed by atoms with E-state index in [0.29, 0.717) is 31.1 Å². The molecule has 1 aliphatic heterocycles. The number of hydrogen-bond acceptors (Lipinski definition) is 4. The highest BCUT2D eigenvalue weighted by Gasteiger charge is 2.36. The molecule has 5 nitrogen and oxygen atoms in total. The van der Waals surface area contributed by atoms with Crippen LogP contribution in [0.2, 0.25) is 0 Å². The van der Waals surface area contributed by atoms with Crippen molar-refractivity contribution in [3.05, 3.63) is 47.4 Å². The molecule has 1 atom stereocenters. The fourth-order valence-electron chi connectivity index (χ4n) is 3.16. The third-order valence-corrected chi connectivity index (χ3v) is 4.65. The summed E-state index contributed by atoms with van der Waals surface area (Å²) in [4.78, 5) is 20.7. The number of oxazole rings is 1. The molecular weight excluding hydrogens is 321 g/mol. The van der Waals surface area contributed by atoms with Gasteiger partial charge in [0.15, 0.2) is 5.89 Å². The quantitative estimate of drug-likeness (QED) is 0.832. The van der Waals surface area contributed by atoms with Crippen molar-refractivity contribution >= 4 is 11.6 Å². The van der Waals surface area contributed by atoms with Gasteiger partial charge in [-0.05, 0) is 32.5 Å². The summed E-state index contributed by atoms with van der Waals surface area (Å²) in [6.07, 6.45) is 0.661. The zero-order valence-electron chi connectivity index (χ0n) is 15.1. The Bertz CT molecular complexity index is 772. The highest BCUT2D eigenvalue weighted by atomic mass is 19.1. The molecular formula is C19H24FN3O2. The summed E-state index contributed by atoms with van der Waals surface area (Å²) in [6.45, 7) is 7.01. The van der Waals surface area contributed by atoms with E-state index in [1.165, 1.54) is 11.0 Å². The van der Waals surface area contributed by atoms with E-state index < -0.39 is 0 Å². The molecule has 1 aromatic heterocycles. The average Bonchev–Trinajstić information content (AvgIpc) is 3.12. The third kappa shape index (κ3) is 3.44. The smallest absolute Gasteiger partial charge is 0.244 e. The molecule has 1 amide bonds. The predicted molar refractivity (Wildman–Crippen MR) is 94.0 cm³/mol. The maximum Gasteiger partial charge on any atom is 0.244 e. The van der Waals surface area contributed by atoms with E-state index in [1.54, 1.807) is 18.2 Å². The Morgan fingerprint density at radius 3 is 2.76 bits per heavy atom. The predicted octanol–water partition coefficient (Wildman–Crippen LogP) is 3.48. The topological polar surface area (TPSA) is 49.6 Å². The van der Waals surface area contributed by atoms with Crippen LogP contribution in [0.15, 0.2) is 28.7 Å². The van der Waals surface area contributed by atoms with Gasteiger partial charge in [-0.15, -0.1) is 0 Å². The number of amides is 1. The molecule has 25 heavy (non-hydrogen) atoms. The summed E-state index contributed by atoms with van der Waals surface area (Å²) in [6, 6.07) is 6.11. The van der Waals surface area contributed by atoms with Gasteiger partial charge in [0.1, 0.15) is 11.6 Å². The molecule has 0 aliphatic carbocycles. The minimum atomic E-state index is -0.369. The Morgan fingerprint density at radius 1 is 1.40 bits per heavy atom. The number of hydrogen-bond donors (Lipinski definition) is 0. The number of aromatic nitrogens is 1. The van der Waals surface area contributed by atoms with Crippen LogP contribution in [0.25, 0.3) is 0 Å². The van der Waals surface area contributed by atoms with Crippen LogP contribution < -0.4 is 4.90 Å². The summed E-state index contributed by atoms with van der Waals surface area (Å²) >= 11 is 0. The molecule has 134 valence electrons. The number of benzene rings is 1. The fraction of sp³-hybridized carbons (Fsp3) is 0.474. The number of rotatable bonds is 5. The van der Waals surface area contributed by atoms with E-state index in [4.69, 9.17) is 4.42 Å². The number of anilines is 1. The van der Waals surface area contributed by atoms with Crippen LogP contribution in [-0.4, -0.2) is 35.4 Å². The maximum absolute atomic E-state index is 14.0. The lowest BCUT2D eigenvalue weighted by atomic mass is 10.2. The van der Waals surface area contributed by atoms with Gasteiger partial charge in [-0.2, -0.15) is 0 Å². The van der Waals surface area contributed by atoms with Crippen molar-refractivity contribution < 1.29 is 13.6 Å². The lowest BCUT2D eigenvalue weighted by Gasteiger charge is -2.23. The zero-order valence-corrected chi connectivity index (χ0v) is 15.1. The molecule has 1 saturated heterocycles. The standard InChI is InChI=1S/C19H24FN3O2/c1-12(2)18-21-13(3)17(25-18)11-22(4)16-9-10-23(19(16)24)15-8-6-5-7-14(15)20/h5-8,12,16H,9-11H2,1-4H3. The Kier molecular flexibility index (Phi) is 4.90. The molecule has 1 aliphatic rings. The second-order valence-corrected chi connectivity index (χ2v) is 6.88. The number of carbonyl (C=O) groups is 1. The largest absolute Gasteiger partial charge is 0.444 e. The van der Waals surface area contributed by atoms with E-state index >= 15 is 0 Å². The van der Waals surface area contributed by atoms with E-state index in [2.05, 4.69) is 4.98 Å². The van der Waals surface area contributed by atoms with Crippen molar-refractivity contribution in [2.75, 3.05) is 18.5 Å². The molecule has 3 rings (SSSR count). The van der Waals surface area contributed by atoms with Gasteiger partial charge in [0.05, 0.1) is 24.0 Å². The molecule has 2 heterocycles. The monoisotopic (exact) mass is 345 g/mol. The van der Waals surface area contributed by atoms with Crippen LogP contribution in [0.4, 0.5) is 10.1 Å². The second-order valence-electron chi connectivity index (χ2n) is 6.88. The van der Waals surface area contributed by atoms with E-state index in [1.807, 2.05) is 32.7 Å². The van der Waals surface area contributed by atoms with Gasteiger partial charge >= 0.3 is 0 Å². The van der Waals surface area contributed by atoms with Crippen LogP contribution >= 0.6 is 0 Å². The first-order valence-electron chi connectivity index (χ1n) is 8.60. The van der Waals surface area contributed by atoms with Crippen molar-refractivity contribution in [2.45, 2.75) is 45.7 Å². The number of carbonyl (C=O) groups excluding carboxylic acids is 1. The SMILES string of the molecule is Cc1nc(C(C)C)oc1CN(C)C1CCN(c2ccccc2F)C1=O. The Labute approximate surface area is 147 Å². The number of likely N-dealkylation sites (N-methyl/N-ethyl adjacent to an activating group) is 1. The molecule has 6 heteroatoms. The Morgan fingerprint density at radius 2 is 2.12 bits per heavy atom. The van der Waals surface area contributed by atoms with Gasteiger partial charge in [-0.3, -0.25) is 9.69 Å². The van der Waals surface area contributed by atoms with Crippen LogP contribution in [0.3, 0.4) is 0 Å². The van der Waals surface area contributed by atoms with E-state index in [-0.39, 0.29) is 23.7 Å². The lowest BCUT2D eigenvalue weighted by Crippen LogP contribution is -2.39. The van der Waals surface area contributed by atoms with Gasteiger partial charge in [-0.1, -0.05) is 26.0 Å². The minimum absolute atomic E-state index is 0.0751. The van der Waals surface area contributed by atoms with E-state index in [9.17, 15) is 9.18 Å². The zero-order chi connectivity index (χ0) is 18.1. The molecule has 1 unspecified atom stereocenters. The third-order valence-electron chi connectivity index (χ3n) is 4.65. The number of nitrogens with zero attached hydrogens (tertiary/aromatic N) is 3. The first-order chi connectivity index (χ1) is 11.9. The first-order valence-corrected chi connectivity index (χ1v) is 8.60. The second kappa shape index (κ2) is 6.96. The van der Waals surface area contributed by atoms with Gasteiger partial charge < -0.3 is 9.32 Å². The summed E-state index contributed by atoms with van der Waals surface area (Å²) in [5.74, 6) is 1.28. The molecule has 0 saturated carbocycles. The fourth-order valence-corrected chi connectivity index (χ4v) is 3.16. The summed E-state index contributed by atoms with van der Waals surface area (Å²) in [7, 11) is 1.89. The number of aryl methyl sites for hydroxylation is 1. The van der Waals surface area contributed by atoms with Crippen molar-refractivity contribution in [2.24, 2.45) is 0 Å². The van der Waals surface area contributed by atoms with Crippen molar-refractivity contribution in [3.8, 4) is 0 Å². The van der Waals surface area contributed by atoms with E-state index in [0.717, 1.165) is 11.5 Å². The highest BCUT2D eigenvalue weighted by Crippen LogP contribution is 2.27. The number of halogens is 1. The van der Waals surface area contributed by atoms with Gasteiger partial charge in [0, 0.05) is 12.5 Å². The van der Waals surface area contributed by atoms with Crippen molar-refractivity contribution in [3.63, 3.8) is 0 Å². The Balaban J connectivity index is 1.72. The molecule has 1 fully saturated rings. The molecule has 2 aromatic rings. The number of para-hydroxylation sites is 1. The molecule has 1 aromatic carbocycles. The van der Waals surface area contributed by atoms with Gasteiger partial charge in [0.25, 0.3) is 0 Å². The summed E-state index contributed by atoms with van der Waals surface area (Å²) in [5.41, 5.74) is 1.20. The average molecular weight is 345 g/mol. The normalized spacial score (nSPS) is 18.0. The molecule has 0 spiro atoms. The van der Waals surface area contributed by atoms with Crippen LogP contribution in [0, 0.1) is 12.7 Å². The van der Waals surface area contributed by atoms with Crippen LogP contribution in [-0.2, 0) is 11.3 Å². The summed E-state index contributed by atoms with van der Waals surface area (Å²) < 4.78 is 19.8. The van der Waals surface area contributed by atoms with Gasteiger partial charge in [0.2, 0.25) is 5.91 Å². The lowest BCUT2D eigenvalue weighted by molar-refractivity contribution is -0.121. The molecule has 0 bridgehead atoms. The van der Waals surface area contributed by atoms with Crippen molar-refractivity contribution in [1.82, 2.24) is 9.88 Å². The summed E-state index contributed by atoms with van der Waals surface area (Å²) in [5, 5.41) is 0. The molecule has 0 N–H and O–H groups in total. The van der Waals surface area contributed by atoms with Crippen molar-refractivity contribution in [1.29, 1.82) is 0 Å². The minimum Gasteiger partial charge on any atom is -0.444 e. The molecule has 0 radical (unpaired) electrons. The maximum atomic E-state index is 14.0. The highest BCUT2D eigenvalue weighted by molar-refractivity contribution is 5.99. The van der Waals surface area contributed by atoms with Crippen LogP contribution in [0.5, 0.6) is 0 Å². The van der Waals surface area contributed by atoms with Gasteiger partial charge in [-0.25, -0.2) is 9.37 Å². The Hall–Kier alpha value is -2.21. The van der Waals surface area contributed by atoms with Crippen LogP contribution in [0.1, 0.15) is 43.5 Å².